The molecule has 0 aliphatic heterocycles. The van der Waals surface area contributed by atoms with Crippen molar-refractivity contribution in [1.29, 1.82) is 0 Å². The van der Waals surface area contributed by atoms with E-state index in [4.69, 9.17) is 0 Å². The van der Waals surface area contributed by atoms with Crippen molar-refractivity contribution in [2.75, 3.05) is 6.54 Å². The second kappa shape index (κ2) is 6.46. The van der Waals surface area contributed by atoms with Crippen LogP contribution >= 0.6 is 15.9 Å². The van der Waals surface area contributed by atoms with Gasteiger partial charge in [-0.2, -0.15) is 0 Å². The lowest BCUT2D eigenvalue weighted by Gasteiger charge is -2.20. The summed E-state index contributed by atoms with van der Waals surface area (Å²) in [6.45, 7) is 4.57. The molecule has 0 saturated heterocycles. The largest absolute Gasteiger partial charge is 0.306 e. The van der Waals surface area contributed by atoms with Gasteiger partial charge in [-0.05, 0) is 54.9 Å². The zero-order valence-electron chi connectivity index (χ0n) is 11.4. The van der Waals surface area contributed by atoms with Crippen LogP contribution in [0.15, 0.2) is 40.9 Å². The molecular weight excluding hydrogens is 324 g/mol. The van der Waals surface area contributed by atoms with Gasteiger partial charge < -0.3 is 5.32 Å². The molecule has 4 heteroatoms. The third kappa shape index (κ3) is 3.44. The third-order valence-corrected chi connectivity index (χ3v) is 3.53. The van der Waals surface area contributed by atoms with Crippen LogP contribution in [0.25, 0.3) is 0 Å². The fraction of sp³-hybridized carbons (Fsp3) is 0.250. The molecule has 1 unspecified atom stereocenters. The second-order valence-corrected chi connectivity index (χ2v) is 5.63. The lowest BCUT2D eigenvalue weighted by Crippen LogP contribution is -2.23. The number of nitrogens with one attached hydrogen (secondary N) is 1. The summed E-state index contributed by atoms with van der Waals surface area (Å²) in [7, 11) is 0. The monoisotopic (exact) mass is 339 g/mol. The molecule has 0 radical (unpaired) electrons. The molecular formula is C16H16BrF2N. The van der Waals surface area contributed by atoms with Crippen LogP contribution in [0.5, 0.6) is 0 Å². The fourth-order valence-corrected chi connectivity index (χ4v) is 2.90. The lowest BCUT2D eigenvalue weighted by atomic mass is 9.96. The minimum absolute atomic E-state index is 0.323. The SMILES string of the molecule is CCNC(c1cc(C)cc(Br)c1)c1cc(F)ccc1F. The molecule has 106 valence electrons. The maximum Gasteiger partial charge on any atom is 0.128 e. The van der Waals surface area contributed by atoms with Gasteiger partial charge in [0.15, 0.2) is 0 Å². The maximum atomic E-state index is 14.0. The van der Waals surface area contributed by atoms with Crippen molar-refractivity contribution in [1.82, 2.24) is 5.32 Å². The van der Waals surface area contributed by atoms with Gasteiger partial charge in [0.2, 0.25) is 0 Å². The average molecular weight is 340 g/mol. The number of hydrogen-bond donors (Lipinski definition) is 1. The fourth-order valence-electron chi connectivity index (χ4n) is 2.28. The molecule has 0 spiro atoms. The normalized spacial score (nSPS) is 12.4. The van der Waals surface area contributed by atoms with Gasteiger partial charge in [0.1, 0.15) is 11.6 Å². The molecule has 0 amide bonds. The molecule has 0 fully saturated rings. The summed E-state index contributed by atoms with van der Waals surface area (Å²) in [5.41, 5.74) is 2.29. The first-order chi connectivity index (χ1) is 9.51. The van der Waals surface area contributed by atoms with E-state index in [2.05, 4.69) is 21.2 Å². The van der Waals surface area contributed by atoms with E-state index >= 15 is 0 Å². The van der Waals surface area contributed by atoms with E-state index in [1.165, 1.54) is 12.1 Å². The van der Waals surface area contributed by atoms with Crippen LogP contribution in [0, 0.1) is 18.6 Å². The molecule has 1 N–H and O–H groups in total. The summed E-state index contributed by atoms with van der Waals surface area (Å²) in [4.78, 5) is 0. The summed E-state index contributed by atoms with van der Waals surface area (Å²) in [6, 6.07) is 9.06. The lowest BCUT2D eigenvalue weighted by molar-refractivity contribution is 0.544. The second-order valence-electron chi connectivity index (χ2n) is 4.72. The van der Waals surface area contributed by atoms with E-state index < -0.39 is 11.6 Å². The van der Waals surface area contributed by atoms with Crippen LogP contribution in [-0.2, 0) is 0 Å². The molecule has 20 heavy (non-hydrogen) atoms. The van der Waals surface area contributed by atoms with Crippen molar-refractivity contribution in [3.8, 4) is 0 Å². The minimum atomic E-state index is -0.434. The van der Waals surface area contributed by atoms with Crippen molar-refractivity contribution >= 4 is 15.9 Å². The molecule has 0 heterocycles. The van der Waals surface area contributed by atoms with Crippen LogP contribution < -0.4 is 5.32 Å². The molecule has 0 saturated carbocycles. The highest BCUT2D eigenvalue weighted by atomic mass is 79.9. The van der Waals surface area contributed by atoms with E-state index in [1.54, 1.807) is 0 Å². The number of hydrogen-bond acceptors (Lipinski definition) is 1. The van der Waals surface area contributed by atoms with Crippen molar-refractivity contribution in [3.63, 3.8) is 0 Å². The predicted molar refractivity (Wildman–Crippen MR) is 80.8 cm³/mol. The third-order valence-electron chi connectivity index (χ3n) is 3.08. The Hall–Kier alpha value is -1.26. The van der Waals surface area contributed by atoms with Gasteiger partial charge >= 0.3 is 0 Å². The number of rotatable bonds is 4. The Kier molecular flexibility index (Phi) is 4.89. The number of benzene rings is 2. The van der Waals surface area contributed by atoms with Gasteiger partial charge in [-0.3, -0.25) is 0 Å². The van der Waals surface area contributed by atoms with Crippen molar-refractivity contribution < 1.29 is 8.78 Å². The van der Waals surface area contributed by atoms with Crippen LogP contribution in [0.2, 0.25) is 0 Å². The molecule has 0 bridgehead atoms. The first-order valence-electron chi connectivity index (χ1n) is 6.46. The highest BCUT2D eigenvalue weighted by Crippen LogP contribution is 2.28. The van der Waals surface area contributed by atoms with Gasteiger partial charge in [0.05, 0.1) is 6.04 Å². The summed E-state index contributed by atoms with van der Waals surface area (Å²) >= 11 is 3.44. The summed E-state index contributed by atoms with van der Waals surface area (Å²) in [5.74, 6) is -0.842. The molecule has 2 rings (SSSR count). The van der Waals surface area contributed by atoms with Crippen molar-refractivity contribution in [3.05, 3.63) is 69.2 Å². The minimum Gasteiger partial charge on any atom is -0.306 e. The van der Waals surface area contributed by atoms with E-state index in [0.717, 1.165) is 21.7 Å². The van der Waals surface area contributed by atoms with Gasteiger partial charge in [-0.25, -0.2) is 8.78 Å². The Morgan fingerprint density at radius 2 is 1.90 bits per heavy atom. The predicted octanol–water partition coefficient (Wildman–Crippen LogP) is 4.73. The van der Waals surface area contributed by atoms with Crippen LogP contribution in [0.4, 0.5) is 8.78 Å². The van der Waals surface area contributed by atoms with Crippen molar-refractivity contribution in [2.45, 2.75) is 19.9 Å². The smallest absolute Gasteiger partial charge is 0.128 e. The van der Waals surface area contributed by atoms with Gasteiger partial charge in [-0.15, -0.1) is 0 Å². The van der Waals surface area contributed by atoms with E-state index in [9.17, 15) is 8.78 Å². The molecule has 2 aromatic carbocycles. The van der Waals surface area contributed by atoms with Crippen molar-refractivity contribution in [2.24, 2.45) is 0 Å². The molecule has 0 aromatic heterocycles. The zero-order chi connectivity index (χ0) is 14.7. The Balaban J connectivity index is 2.52. The van der Waals surface area contributed by atoms with Crippen LogP contribution in [-0.4, -0.2) is 6.54 Å². The average Bonchev–Trinajstić information content (AvgIpc) is 2.38. The number of halogens is 3. The summed E-state index contributed by atoms with van der Waals surface area (Å²) < 4.78 is 28.4. The van der Waals surface area contributed by atoms with Gasteiger partial charge in [0, 0.05) is 10.0 Å². The summed E-state index contributed by atoms with van der Waals surface area (Å²) in [5, 5.41) is 3.21. The standard InChI is InChI=1S/C16H16BrF2N/c1-3-20-16(11-6-10(2)7-12(17)8-11)14-9-13(18)4-5-15(14)19/h4-9,16,20H,3H2,1-2H3. The van der Waals surface area contributed by atoms with E-state index in [0.29, 0.717) is 12.1 Å². The molecule has 0 aliphatic carbocycles. The summed E-state index contributed by atoms with van der Waals surface area (Å²) in [6.07, 6.45) is 0. The zero-order valence-corrected chi connectivity index (χ0v) is 13.0. The molecule has 2 aromatic rings. The van der Waals surface area contributed by atoms with Gasteiger partial charge in [-0.1, -0.05) is 28.9 Å². The quantitative estimate of drug-likeness (QED) is 0.848. The maximum absolute atomic E-state index is 14.0. The van der Waals surface area contributed by atoms with E-state index in [1.807, 2.05) is 32.0 Å². The van der Waals surface area contributed by atoms with E-state index in [-0.39, 0.29) is 6.04 Å². The van der Waals surface area contributed by atoms with Gasteiger partial charge in [0.25, 0.3) is 0 Å². The Morgan fingerprint density at radius 3 is 2.55 bits per heavy atom. The Bertz CT molecular complexity index is 593. The van der Waals surface area contributed by atoms with Crippen LogP contribution in [0.3, 0.4) is 0 Å². The Labute approximate surface area is 126 Å². The number of aryl methyl sites for hydroxylation is 1. The molecule has 1 atom stereocenters. The van der Waals surface area contributed by atoms with Crippen LogP contribution in [0.1, 0.15) is 29.7 Å². The molecule has 1 nitrogen and oxygen atoms in total. The highest BCUT2D eigenvalue weighted by molar-refractivity contribution is 9.10. The topological polar surface area (TPSA) is 12.0 Å². The highest BCUT2D eigenvalue weighted by Gasteiger charge is 2.18. The first-order valence-corrected chi connectivity index (χ1v) is 7.26. The molecule has 0 aliphatic rings. The Morgan fingerprint density at radius 1 is 1.15 bits per heavy atom. The first kappa shape index (κ1) is 15.1.